The second-order valence-corrected chi connectivity index (χ2v) is 6.12. The first-order valence-electron chi connectivity index (χ1n) is 8.12. The maximum absolute atomic E-state index is 12.6. The van der Waals surface area contributed by atoms with E-state index in [4.69, 9.17) is 0 Å². The molecular formula is C19H19N3O4. The van der Waals surface area contributed by atoms with Gasteiger partial charge < -0.3 is 10.4 Å². The number of rotatable bonds is 5. The van der Waals surface area contributed by atoms with Crippen LogP contribution >= 0.6 is 0 Å². The lowest BCUT2D eigenvalue weighted by molar-refractivity contribution is 0.102. The molecular weight excluding hydrogens is 334 g/mol. The number of aliphatic hydroxyl groups excluding tert-OH is 1. The largest absolute Gasteiger partial charge is 0.438 e. The number of hydrogen-bond acceptors (Lipinski definition) is 5. The van der Waals surface area contributed by atoms with Gasteiger partial charge in [0.05, 0.1) is 6.61 Å². The number of nitrogens with zero attached hydrogens (tertiary/aromatic N) is 1. The Kier molecular flexibility index (Phi) is 4.99. The lowest BCUT2D eigenvalue weighted by Gasteiger charge is -2.12. The van der Waals surface area contributed by atoms with Gasteiger partial charge in [-0.05, 0) is 54.3 Å². The summed E-state index contributed by atoms with van der Waals surface area (Å²) < 4.78 is 4.48. The highest BCUT2D eigenvalue weighted by Gasteiger charge is 2.11. The number of aromatic amines is 1. The summed E-state index contributed by atoms with van der Waals surface area (Å²) in [5.41, 5.74) is 4.64. The molecule has 3 aromatic rings. The minimum Gasteiger partial charge on any atom is -0.392 e. The number of amides is 1. The van der Waals surface area contributed by atoms with Crippen molar-refractivity contribution < 1.29 is 14.4 Å². The monoisotopic (exact) mass is 353 g/mol. The van der Waals surface area contributed by atoms with Gasteiger partial charge in [-0.25, -0.2) is 4.79 Å². The number of nitrogens with one attached hydrogen (secondary N) is 2. The maximum Gasteiger partial charge on any atom is 0.438 e. The molecule has 0 saturated carbocycles. The van der Waals surface area contributed by atoms with E-state index in [9.17, 15) is 14.7 Å². The molecule has 0 aliphatic rings. The van der Waals surface area contributed by atoms with Crippen LogP contribution in [-0.4, -0.2) is 21.2 Å². The van der Waals surface area contributed by atoms with Gasteiger partial charge >= 0.3 is 5.76 Å². The second kappa shape index (κ2) is 7.37. The van der Waals surface area contributed by atoms with Crippen molar-refractivity contribution in [3.63, 3.8) is 0 Å². The standard InChI is InChI=1S/C19H19N3O4/c1-11-6-12(2)16(9-15(11)10-23)20-18(24)14-5-3-4-13(7-14)8-17-21-19(25)26-22-17/h3-7,9,23H,8,10H2,1-2H3,(H,20,24)(H,21,22,25). The number of H-pyrrole nitrogens is 1. The van der Waals surface area contributed by atoms with Crippen LogP contribution in [0.15, 0.2) is 45.7 Å². The third kappa shape index (κ3) is 3.89. The SMILES string of the molecule is Cc1cc(C)c(NC(=O)c2cccc(Cc3noc(=O)[nH]3)c2)cc1CO. The summed E-state index contributed by atoms with van der Waals surface area (Å²) in [5, 5.41) is 15.9. The molecule has 2 aromatic carbocycles. The minimum atomic E-state index is -0.608. The number of aryl methyl sites for hydroxylation is 2. The van der Waals surface area contributed by atoms with Crippen molar-refractivity contribution in [1.82, 2.24) is 10.1 Å². The van der Waals surface area contributed by atoms with E-state index in [1.807, 2.05) is 26.0 Å². The highest BCUT2D eigenvalue weighted by Crippen LogP contribution is 2.22. The molecule has 7 nitrogen and oxygen atoms in total. The molecule has 3 rings (SSSR count). The Balaban J connectivity index is 1.80. The molecule has 1 amide bonds. The number of anilines is 1. The summed E-state index contributed by atoms with van der Waals surface area (Å²) in [6, 6.07) is 10.8. The topological polar surface area (TPSA) is 108 Å². The molecule has 3 N–H and O–H groups in total. The van der Waals surface area contributed by atoms with E-state index >= 15 is 0 Å². The van der Waals surface area contributed by atoms with E-state index in [0.717, 1.165) is 22.3 Å². The van der Waals surface area contributed by atoms with Crippen molar-refractivity contribution in [2.75, 3.05) is 5.32 Å². The van der Waals surface area contributed by atoms with Gasteiger partial charge in [0.2, 0.25) is 0 Å². The Labute approximate surface area is 149 Å². The lowest BCUT2D eigenvalue weighted by Crippen LogP contribution is -2.13. The highest BCUT2D eigenvalue weighted by molar-refractivity contribution is 6.04. The van der Waals surface area contributed by atoms with Gasteiger partial charge in [0, 0.05) is 17.7 Å². The van der Waals surface area contributed by atoms with Gasteiger partial charge in [-0.1, -0.05) is 23.4 Å². The Bertz CT molecular complexity index is 1000. The third-order valence-corrected chi connectivity index (χ3v) is 4.15. The van der Waals surface area contributed by atoms with E-state index in [2.05, 4.69) is 20.0 Å². The Hall–Kier alpha value is -3.19. The summed E-state index contributed by atoms with van der Waals surface area (Å²) in [7, 11) is 0. The van der Waals surface area contributed by atoms with Gasteiger partial charge in [-0.2, -0.15) is 0 Å². The summed E-state index contributed by atoms with van der Waals surface area (Å²) >= 11 is 0. The molecule has 0 aliphatic heterocycles. The molecule has 0 bridgehead atoms. The molecule has 0 spiro atoms. The number of hydrogen-bond donors (Lipinski definition) is 3. The number of benzene rings is 2. The molecule has 0 fully saturated rings. The first kappa shape index (κ1) is 17.6. The van der Waals surface area contributed by atoms with E-state index in [0.29, 0.717) is 23.5 Å². The van der Waals surface area contributed by atoms with Gasteiger partial charge in [-0.15, -0.1) is 0 Å². The summed E-state index contributed by atoms with van der Waals surface area (Å²) in [6.07, 6.45) is 0.352. The van der Waals surface area contributed by atoms with Crippen LogP contribution in [0.4, 0.5) is 5.69 Å². The molecule has 1 aromatic heterocycles. The lowest BCUT2D eigenvalue weighted by atomic mass is 10.0. The van der Waals surface area contributed by atoms with Gasteiger partial charge in [-0.3, -0.25) is 14.3 Å². The minimum absolute atomic E-state index is 0.0830. The fourth-order valence-electron chi connectivity index (χ4n) is 2.75. The first-order chi connectivity index (χ1) is 12.5. The number of carbonyl (C=O) groups is 1. The molecule has 0 atom stereocenters. The first-order valence-corrected chi connectivity index (χ1v) is 8.12. The van der Waals surface area contributed by atoms with Gasteiger partial charge in [0.25, 0.3) is 5.91 Å². The summed E-state index contributed by atoms with van der Waals surface area (Å²) in [5.74, 6) is -0.464. The molecule has 0 saturated heterocycles. The molecule has 0 radical (unpaired) electrons. The van der Waals surface area contributed by atoms with Crippen molar-refractivity contribution in [2.45, 2.75) is 26.9 Å². The zero-order chi connectivity index (χ0) is 18.7. The van der Waals surface area contributed by atoms with Crippen molar-refractivity contribution in [3.05, 3.63) is 80.6 Å². The Morgan fingerprint density at radius 3 is 2.73 bits per heavy atom. The average Bonchev–Trinajstić information content (AvgIpc) is 3.02. The molecule has 134 valence electrons. The second-order valence-electron chi connectivity index (χ2n) is 6.12. The van der Waals surface area contributed by atoms with Gasteiger partial charge in [0.15, 0.2) is 5.82 Å². The van der Waals surface area contributed by atoms with Crippen molar-refractivity contribution >= 4 is 11.6 Å². The molecule has 7 heteroatoms. The van der Waals surface area contributed by atoms with Crippen LogP contribution in [0.3, 0.4) is 0 Å². The van der Waals surface area contributed by atoms with Crippen LogP contribution < -0.4 is 11.1 Å². The third-order valence-electron chi connectivity index (χ3n) is 4.15. The van der Waals surface area contributed by atoms with Crippen LogP contribution in [-0.2, 0) is 13.0 Å². The molecule has 0 aliphatic carbocycles. The van der Waals surface area contributed by atoms with Crippen molar-refractivity contribution in [1.29, 1.82) is 0 Å². The number of aromatic nitrogens is 2. The van der Waals surface area contributed by atoms with Crippen LogP contribution in [0, 0.1) is 13.8 Å². The van der Waals surface area contributed by atoms with Crippen LogP contribution in [0.25, 0.3) is 0 Å². The van der Waals surface area contributed by atoms with Crippen molar-refractivity contribution in [3.8, 4) is 0 Å². The normalized spacial score (nSPS) is 10.7. The van der Waals surface area contributed by atoms with Crippen molar-refractivity contribution in [2.24, 2.45) is 0 Å². The number of aliphatic hydroxyl groups is 1. The fourth-order valence-corrected chi connectivity index (χ4v) is 2.75. The van der Waals surface area contributed by atoms with Crippen LogP contribution in [0.2, 0.25) is 0 Å². The predicted molar refractivity (Wildman–Crippen MR) is 96.2 cm³/mol. The summed E-state index contributed by atoms with van der Waals surface area (Å²) in [4.78, 5) is 26.1. The molecule has 0 unspecified atom stereocenters. The smallest absolute Gasteiger partial charge is 0.392 e. The fraction of sp³-hybridized carbons (Fsp3) is 0.211. The summed E-state index contributed by atoms with van der Waals surface area (Å²) in [6.45, 7) is 3.74. The van der Waals surface area contributed by atoms with E-state index in [1.54, 1.807) is 24.3 Å². The Morgan fingerprint density at radius 1 is 1.23 bits per heavy atom. The quantitative estimate of drug-likeness (QED) is 0.652. The highest BCUT2D eigenvalue weighted by atomic mass is 16.5. The van der Waals surface area contributed by atoms with Crippen LogP contribution in [0.1, 0.15) is 38.4 Å². The average molecular weight is 353 g/mol. The molecule has 26 heavy (non-hydrogen) atoms. The predicted octanol–water partition coefficient (Wildman–Crippen LogP) is 2.32. The van der Waals surface area contributed by atoms with E-state index in [1.165, 1.54) is 0 Å². The zero-order valence-electron chi connectivity index (χ0n) is 14.5. The zero-order valence-corrected chi connectivity index (χ0v) is 14.5. The van der Waals surface area contributed by atoms with E-state index < -0.39 is 5.76 Å². The molecule has 1 heterocycles. The Morgan fingerprint density at radius 2 is 2.04 bits per heavy atom. The van der Waals surface area contributed by atoms with Crippen LogP contribution in [0.5, 0.6) is 0 Å². The maximum atomic E-state index is 12.6. The van der Waals surface area contributed by atoms with E-state index in [-0.39, 0.29) is 12.5 Å². The van der Waals surface area contributed by atoms with Gasteiger partial charge in [0.1, 0.15) is 0 Å². The number of carbonyl (C=O) groups excluding carboxylic acids is 1.